The van der Waals surface area contributed by atoms with Gasteiger partial charge in [0, 0.05) is 23.3 Å². The van der Waals surface area contributed by atoms with Crippen molar-refractivity contribution < 1.29 is 14.8 Å². The first-order valence-corrected chi connectivity index (χ1v) is 7.58. The molecule has 1 aromatic heterocycles. The summed E-state index contributed by atoms with van der Waals surface area (Å²) in [6.07, 6.45) is 1.63. The van der Waals surface area contributed by atoms with Crippen LogP contribution in [-0.4, -0.2) is 28.5 Å². The lowest BCUT2D eigenvalue weighted by Crippen LogP contribution is -2.07. The van der Waals surface area contributed by atoms with Crippen LogP contribution in [0.4, 0.5) is 5.69 Å². The fourth-order valence-electron chi connectivity index (χ4n) is 1.76. The van der Waals surface area contributed by atoms with Gasteiger partial charge in [0.05, 0.1) is 17.1 Å². The lowest BCUT2D eigenvalue weighted by atomic mass is 10.3. The summed E-state index contributed by atoms with van der Waals surface area (Å²) in [7, 11) is 0. The van der Waals surface area contributed by atoms with Gasteiger partial charge in [-0.2, -0.15) is 0 Å². The van der Waals surface area contributed by atoms with Gasteiger partial charge in [0.15, 0.2) is 0 Å². The van der Waals surface area contributed by atoms with Crippen LogP contribution in [-0.2, 0) is 4.74 Å². The molecule has 2 atom stereocenters. The van der Waals surface area contributed by atoms with Crippen molar-refractivity contribution in [3.05, 3.63) is 21.1 Å². The molecule has 1 N–H and O–H groups in total. The minimum atomic E-state index is -0.661. The lowest BCUT2D eigenvalue weighted by Gasteiger charge is -2.06. The van der Waals surface area contributed by atoms with Crippen molar-refractivity contribution in [2.24, 2.45) is 0 Å². The topological polar surface area (TPSA) is 72.6 Å². The molecule has 1 aliphatic rings. The zero-order valence-corrected chi connectivity index (χ0v) is 11.6. The van der Waals surface area contributed by atoms with Crippen molar-refractivity contribution in [3.63, 3.8) is 0 Å². The van der Waals surface area contributed by atoms with Crippen LogP contribution in [0.1, 0.15) is 30.7 Å². The first-order chi connectivity index (χ1) is 8.58. The van der Waals surface area contributed by atoms with E-state index in [9.17, 15) is 15.2 Å². The summed E-state index contributed by atoms with van der Waals surface area (Å²) < 4.78 is 6.15. The predicted molar refractivity (Wildman–Crippen MR) is 71.3 cm³/mol. The number of aliphatic hydroxyl groups is 1. The summed E-state index contributed by atoms with van der Waals surface area (Å²) in [5.74, 6) is 0.737. The molecule has 18 heavy (non-hydrogen) atoms. The van der Waals surface area contributed by atoms with E-state index in [1.807, 2.05) is 0 Å². The number of nitro groups is 1. The highest BCUT2D eigenvalue weighted by molar-refractivity contribution is 8.01. The van der Waals surface area contributed by atoms with E-state index < -0.39 is 6.10 Å². The number of thiophene rings is 1. The predicted octanol–water partition coefficient (Wildman–Crippen LogP) is 2.98. The maximum absolute atomic E-state index is 10.9. The van der Waals surface area contributed by atoms with Gasteiger partial charge in [-0.3, -0.25) is 10.1 Å². The molecule has 0 aromatic carbocycles. The van der Waals surface area contributed by atoms with Crippen LogP contribution in [0.15, 0.2) is 10.3 Å². The van der Waals surface area contributed by atoms with Gasteiger partial charge >= 0.3 is 0 Å². The number of nitrogens with zero attached hydrogens (tertiary/aromatic N) is 1. The van der Waals surface area contributed by atoms with Crippen molar-refractivity contribution >= 4 is 28.8 Å². The SMILES string of the molecule is C[C@H](O)c1cc([N+](=O)[O-])c(SCC2CCCO2)s1. The second-order valence-corrected chi connectivity index (χ2v) is 6.57. The highest BCUT2D eigenvalue weighted by Gasteiger charge is 2.23. The van der Waals surface area contributed by atoms with E-state index in [-0.39, 0.29) is 16.7 Å². The van der Waals surface area contributed by atoms with Crippen LogP contribution in [0.3, 0.4) is 0 Å². The molecule has 0 amide bonds. The average Bonchev–Trinajstić information content (AvgIpc) is 2.95. The minimum absolute atomic E-state index is 0.0962. The third-order valence-corrected chi connectivity index (χ3v) is 5.43. The summed E-state index contributed by atoms with van der Waals surface area (Å²) in [4.78, 5) is 11.2. The van der Waals surface area contributed by atoms with Crippen LogP contribution in [0.2, 0.25) is 0 Å². The second kappa shape index (κ2) is 6.01. The Kier molecular flexibility index (Phi) is 4.60. The molecular formula is C11H15NO4S2. The normalized spacial score (nSPS) is 21.1. The van der Waals surface area contributed by atoms with Gasteiger partial charge in [-0.25, -0.2) is 0 Å². The highest BCUT2D eigenvalue weighted by Crippen LogP contribution is 2.40. The van der Waals surface area contributed by atoms with Crippen LogP contribution < -0.4 is 0 Å². The largest absolute Gasteiger partial charge is 0.388 e. The molecule has 0 aliphatic carbocycles. The molecule has 0 spiro atoms. The molecule has 1 aromatic rings. The van der Waals surface area contributed by atoms with Gasteiger partial charge in [0.2, 0.25) is 0 Å². The maximum atomic E-state index is 10.9. The zero-order chi connectivity index (χ0) is 13.1. The van der Waals surface area contributed by atoms with Gasteiger partial charge in [-0.05, 0) is 19.8 Å². The van der Waals surface area contributed by atoms with Gasteiger partial charge in [-0.15, -0.1) is 23.1 Å². The van der Waals surface area contributed by atoms with Crippen molar-refractivity contribution in [1.82, 2.24) is 0 Å². The molecule has 100 valence electrons. The Balaban J connectivity index is 2.07. The van der Waals surface area contributed by atoms with Crippen LogP contribution >= 0.6 is 23.1 Å². The van der Waals surface area contributed by atoms with Crippen LogP contribution in [0, 0.1) is 10.1 Å². The lowest BCUT2D eigenvalue weighted by molar-refractivity contribution is -0.387. The molecular weight excluding hydrogens is 274 g/mol. The van der Waals surface area contributed by atoms with E-state index >= 15 is 0 Å². The van der Waals surface area contributed by atoms with Crippen LogP contribution in [0.5, 0.6) is 0 Å². The minimum Gasteiger partial charge on any atom is -0.388 e. The Morgan fingerprint density at radius 1 is 1.78 bits per heavy atom. The quantitative estimate of drug-likeness (QED) is 0.512. The number of thioether (sulfide) groups is 1. The number of hydrogen-bond acceptors (Lipinski definition) is 6. The fraction of sp³-hybridized carbons (Fsp3) is 0.636. The standard InChI is InChI=1S/C11H15NO4S2/c1-7(13)10-5-9(12(14)15)11(18-10)17-6-8-3-2-4-16-8/h5,7-8,13H,2-4,6H2,1H3/t7-,8?/m0/s1. The van der Waals surface area contributed by atoms with Gasteiger partial charge in [-0.1, -0.05) is 0 Å². The second-order valence-electron chi connectivity index (χ2n) is 4.20. The monoisotopic (exact) mass is 289 g/mol. The molecule has 2 rings (SSSR count). The number of rotatable bonds is 5. The first-order valence-electron chi connectivity index (χ1n) is 5.78. The first kappa shape index (κ1) is 13.8. The summed E-state index contributed by atoms with van der Waals surface area (Å²) in [5.41, 5.74) is 0.0962. The molecule has 1 aliphatic heterocycles. The Labute approximate surface area is 113 Å². The van der Waals surface area contributed by atoms with Gasteiger partial charge in [0.1, 0.15) is 4.21 Å². The van der Waals surface area contributed by atoms with E-state index in [2.05, 4.69) is 0 Å². The summed E-state index contributed by atoms with van der Waals surface area (Å²) in [5, 5.41) is 20.4. The van der Waals surface area contributed by atoms with Crippen molar-refractivity contribution in [2.45, 2.75) is 36.2 Å². The Bertz CT molecular complexity index is 427. The molecule has 0 bridgehead atoms. The Hall–Kier alpha value is -0.630. The Morgan fingerprint density at radius 2 is 2.56 bits per heavy atom. The van der Waals surface area contributed by atoms with Gasteiger partial charge in [0.25, 0.3) is 5.69 Å². The summed E-state index contributed by atoms with van der Waals surface area (Å²) in [6.45, 7) is 2.40. The van der Waals surface area contributed by atoms with E-state index in [0.29, 0.717) is 9.09 Å². The maximum Gasteiger partial charge on any atom is 0.294 e. The average molecular weight is 289 g/mol. The van der Waals surface area contributed by atoms with Crippen molar-refractivity contribution in [2.75, 3.05) is 12.4 Å². The summed E-state index contributed by atoms with van der Waals surface area (Å²) in [6, 6.07) is 1.47. The van der Waals surface area contributed by atoms with Gasteiger partial charge < -0.3 is 9.84 Å². The molecule has 0 saturated carbocycles. The molecule has 7 heteroatoms. The Morgan fingerprint density at radius 3 is 3.11 bits per heavy atom. The molecule has 5 nitrogen and oxygen atoms in total. The number of ether oxygens (including phenoxy) is 1. The smallest absolute Gasteiger partial charge is 0.294 e. The number of hydrogen-bond donors (Lipinski definition) is 1. The molecule has 0 radical (unpaired) electrons. The molecule has 1 unspecified atom stereocenters. The summed E-state index contributed by atoms with van der Waals surface area (Å²) >= 11 is 2.75. The fourth-order valence-corrected chi connectivity index (χ4v) is 4.17. The molecule has 2 heterocycles. The zero-order valence-electron chi connectivity index (χ0n) is 10.00. The van der Waals surface area contributed by atoms with E-state index in [0.717, 1.165) is 25.2 Å². The number of aliphatic hydroxyl groups excluding tert-OH is 1. The molecule has 1 saturated heterocycles. The van der Waals surface area contributed by atoms with Crippen LogP contribution in [0.25, 0.3) is 0 Å². The van der Waals surface area contributed by atoms with E-state index in [1.54, 1.807) is 6.92 Å². The van der Waals surface area contributed by atoms with E-state index in [4.69, 9.17) is 4.74 Å². The highest BCUT2D eigenvalue weighted by atomic mass is 32.2. The van der Waals surface area contributed by atoms with E-state index in [1.165, 1.54) is 29.2 Å². The van der Waals surface area contributed by atoms with Crippen molar-refractivity contribution in [3.8, 4) is 0 Å². The molecule has 1 fully saturated rings. The third kappa shape index (κ3) is 3.23. The third-order valence-electron chi connectivity index (χ3n) is 2.73. The van der Waals surface area contributed by atoms with Crippen molar-refractivity contribution in [1.29, 1.82) is 0 Å².